The van der Waals surface area contributed by atoms with E-state index in [1.807, 2.05) is 0 Å². The lowest BCUT2D eigenvalue weighted by atomic mass is 10.1. The molecule has 88 valence electrons. The van der Waals surface area contributed by atoms with Gasteiger partial charge in [0, 0.05) is 6.61 Å². The molecule has 0 saturated carbocycles. The Morgan fingerprint density at radius 3 is 2.67 bits per heavy atom. The quantitative estimate of drug-likeness (QED) is 0.597. The third-order valence-corrected chi connectivity index (χ3v) is 2.15. The first-order chi connectivity index (χ1) is 7.20. The molecule has 0 rings (SSSR count). The molecule has 0 aromatic carbocycles. The maximum atomic E-state index is 8.80. The number of rotatable bonds is 9. The molecule has 1 unspecified atom stereocenters. The first-order valence-electron chi connectivity index (χ1n) is 5.91. The lowest BCUT2D eigenvalue weighted by Gasteiger charge is -2.11. The molecule has 1 N–H and O–H groups in total. The van der Waals surface area contributed by atoms with E-state index < -0.39 is 0 Å². The molecule has 0 fully saturated rings. The number of hydrogen-bond donors (Lipinski definition) is 1. The summed E-state index contributed by atoms with van der Waals surface area (Å²) in [6, 6.07) is 2.05. The number of nitriles is 1. The second-order valence-corrected chi connectivity index (χ2v) is 4.25. The van der Waals surface area contributed by atoms with Crippen LogP contribution in [0.2, 0.25) is 0 Å². The van der Waals surface area contributed by atoms with Crippen LogP contribution in [0.5, 0.6) is 0 Å². The van der Waals surface area contributed by atoms with Crippen molar-refractivity contribution in [2.24, 2.45) is 5.92 Å². The molecular formula is C12H24N2O. The summed E-state index contributed by atoms with van der Waals surface area (Å²) >= 11 is 0. The van der Waals surface area contributed by atoms with Crippen LogP contribution < -0.4 is 5.32 Å². The summed E-state index contributed by atoms with van der Waals surface area (Å²) in [5, 5.41) is 11.9. The van der Waals surface area contributed by atoms with Gasteiger partial charge in [-0.2, -0.15) is 5.26 Å². The van der Waals surface area contributed by atoms with E-state index in [-0.39, 0.29) is 6.04 Å². The molecule has 0 aliphatic heterocycles. The molecule has 0 amide bonds. The topological polar surface area (TPSA) is 45.0 Å². The van der Waals surface area contributed by atoms with E-state index in [1.165, 1.54) is 6.42 Å². The second kappa shape index (κ2) is 9.95. The lowest BCUT2D eigenvalue weighted by molar-refractivity contribution is 0.117. The van der Waals surface area contributed by atoms with E-state index >= 15 is 0 Å². The zero-order chi connectivity index (χ0) is 11.5. The van der Waals surface area contributed by atoms with Crippen molar-refractivity contribution in [2.75, 3.05) is 19.8 Å². The average molecular weight is 212 g/mol. The minimum Gasteiger partial charge on any atom is -0.379 e. The smallest absolute Gasteiger partial charge is 0.119 e. The van der Waals surface area contributed by atoms with E-state index in [0.717, 1.165) is 31.9 Å². The molecule has 15 heavy (non-hydrogen) atoms. The maximum absolute atomic E-state index is 8.80. The first kappa shape index (κ1) is 14.4. The van der Waals surface area contributed by atoms with Crippen molar-refractivity contribution < 1.29 is 4.74 Å². The van der Waals surface area contributed by atoms with Crippen molar-refractivity contribution in [3.8, 4) is 6.07 Å². The largest absolute Gasteiger partial charge is 0.379 e. The van der Waals surface area contributed by atoms with E-state index in [0.29, 0.717) is 6.61 Å². The number of nitrogens with zero attached hydrogens (tertiary/aromatic N) is 1. The normalized spacial score (nSPS) is 12.7. The van der Waals surface area contributed by atoms with Crippen molar-refractivity contribution in [3.63, 3.8) is 0 Å². The highest BCUT2D eigenvalue weighted by atomic mass is 16.5. The third kappa shape index (κ3) is 9.71. The van der Waals surface area contributed by atoms with Crippen LogP contribution in [0.4, 0.5) is 0 Å². The summed E-state index contributed by atoms with van der Waals surface area (Å²) in [5.74, 6) is 0.735. The number of ether oxygens (including phenoxy) is 1. The zero-order valence-corrected chi connectivity index (χ0v) is 10.3. The van der Waals surface area contributed by atoms with Crippen LogP contribution >= 0.6 is 0 Å². The van der Waals surface area contributed by atoms with E-state index in [9.17, 15) is 0 Å². The Bertz CT molecular complexity index is 175. The van der Waals surface area contributed by atoms with Gasteiger partial charge in [0.2, 0.25) is 0 Å². The van der Waals surface area contributed by atoms with Crippen molar-refractivity contribution in [1.82, 2.24) is 5.32 Å². The fourth-order valence-electron chi connectivity index (χ4n) is 1.26. The summed E-state index contributed by atoms with van der Waals surface area (Å²) in [4.78, 5) is 0. The van der Waals surface area contributed by atoms with Gasteiger partial charge >= 0.3 is 0 Å². The number of nitrogens with one attached hydrogen (secondary N) is 1. The van der Waals surface area contributed by atoms with Gasteiger partial charge in [0.1, 0.15) is 6.04 Å². The predicted molar refractivity (Wildman–Crippen MR) is 62.6 cm³/mol. The zero-order valence-electron chi connectivity index (χ0n) is 10.3. The molecule has 0 spiro atoms. The fraction of sp³-hybridized carbons (Fsp3) is 0.917. The summed E-state index contributed by atoms with van der Waals surface area (Å²) in [6.45, 7) is 8.67. The maximum Gasteiger partial charge on any atom is 0.119 e. The lowest BCUT2D eigenvalue weighted by Crippen LogP contribution is -2.32. The molecule has 1 atom stereocenters. The van der Waals surface area contributed by atoms with Gasteiger partial charge in [-0.05, 0) is 31.7 Å². The minimum absolute atomic E-state index is 0.149. The van der Waals surface area contributed by atoms with Gasteiger partial charge in [-0.3, -0.25) is 0 Å². The van der Waals surface area contributed by atoms with Gasteiger partial charge in [0.25, 0.3) is 0 Å². The van der Waals surface area contributed by atoms with Gasteiger partial charge in [-0.1, -0.05) is 20.8 Å². The molecule has 0 aliphatic rings. The Balaban J connectivity index is 3.35. The molecule has 0 aliphatic carbocycles. The fourth-order valence-corrected chi connectivity index (χ4v) is 1.26. The molecule has 0 aromatic heterocycles. The molecular weight excluding hydrogens is 188 g/mol. The van der Waals surface area contributed by atoms with Crippen molar-refractivity contribution in [1.29, 1.82) is 5.26 Å². The predicted octanol–water partition coefficient (Wildman–Crippen LogP) is 2.33. The van der Waals surface area contributed by atoms with Gasteiger partial charge < -0.3 is 10.1 Å². The molecule has 3 nitrogen and oxygen atoms in total. The van der Waals surface area contributed by atoms with Gasteiger partial charge in [-0.15, -0.1) is 0 Å². The Hall–Kier alpha value is -0.590. The summed E-state index contributed by atoms with van der Waals surface area (Å²) in [7, 11) is 0. The summed E-state index contributed by atoms with van der Waals surface area (Å²) in [5.41, 5.74) is 0. The Labute approximate surface area is 93.8 Å². The standard InChI is InChI=1S/C12H24N2O/c1-4-7-14-12(9-13)10-15-8-5-6-11(2)3/h11-12,14H,4-8,10H2,1-3H3. The van der Waals surface area contributed by atoms with E-state index in [4.69, 9.17) is 10.00 Å². The highest BCUT2D eigenvalue weighted by Crippen LogP contribution is 2.03. The van der Waals surface area contributed by atoms with Crippen LogP contribution in [-0.2, 0) is 4.74 Å². The van der Waals surface area contributed by atoms with Crippen LogP contribution in [-0.4, -0.2) is 25.8 Å². The van der Waals surface area contributed by atoms with Gasteiger partial charge in [0.15, 0.2) is 0 Å². The van der Waals surface area contributed by atoms with Crippen molar-refractivity contribution in [2.45, 2.75) is 46.1 Å². The molecule has 0 heterocycles. The van der Waals surface area contributed by atoms with Crippen LogP contribution in [0.3, 0.4) is 0 Å². The molecule has 0 radical (unpaired) electrons. The summed E-state index contributed by atoms with van der Waals surface area (Å²) in [6.07, 6.45) is 3.33. The molecule has 3 heteroatoms. The van der Waals surface area contributed by atoms with Crippen LogP contribution in [0, 0.1) is 17.2 Å². The van der Waals surface area contributed by atoms with E-state index in [2.05, 4.69) is 32.2 Å². The van der Waals surface area contributed by atoms with Crippen LogP contribution in [0.15, 0.2) is 0 Å². The van der Waals surface area contributed by atoms with Gasteiger partial charge in [-0.25, -0.2) is 0 Å². The third-order valence-electron chi connectivity index (χ3n) is 2.15. The van der Waals surface area contributed by atoms with Crippen LogP contribution in [0.1, 0.15) is 40.0 Å². The van der Waals surface area contributed by atoms with Crippen LogP contribution in [0.25, 0.3) is 0 Å². The molecule has 0 bridgehead atoms. The van der Waals surface area contributed by atoms with E-state index in [1.54, 1.807) is 0 Å². The highest BCUT2D eigenvalue weighted by Gasteiger charge is 2.05. The average Bonchev–Trinajstić information content (AvgIpc) is 2.21. The summed E-state index contributed by atoms with van der Waals surface area (Å²) < 4.78 is 5.45. The Kier molecular flexibility index (Phi) is 9.55. The second-order valence-electron chi connectivity index (χ2n) is 4.25. The Morgan fingerprint density at radius 1 is 1.40 bits per heavy atom. The van der Waals surface area contributed by atoms with Gasteiger partial charge in [0.05, 0.1) is 12.7 Å². The minimum atomic E-state index is -0.149. The highest BCUT2D eigenvalue weighted by molar-refractivity contribution is 4.89. The SMILES string of the molecule is CCCNC(C#N)COCCCC(C)C. The van der Waals surface area contributed by atoms with Crippen molar-refractivity contribution in [3.05, 3.63) is 0 Å². The first-order valence-corrected chi connectivity index (χ1v) is 5.91. The molecule has 0 aromatic rings. The van der Waals surface area contributed by atoms with Crippen molar-refractivity contribution >= 4 is 0 Å². The molecule has 0 saturated heterocycles. The Morgan fingerprint density at radius 2 is 2.13 bits per heavy atom. The monoisotopic (exact) mass is 212 g/mol. The number of hydrogen-bond acceptors (Lipinski definition) is 3.